The fraction of sp³-hybridized carbons (Fsp3) is 1.00. The van der Waals surface area contributed by atoms with E-state index >= 15 is 0 Å². The lowest BCUT2D eigenvalue weighted by atomic mass is 9.97. The van der Waals surface area contributed by atoms with Gasteiger partial charge in [0.2, 0.25) is 10.0 Å². The normalized spacial score (nSPS) is 25.2. The summed E-state index contributed by atoms with van der Waals surface area (Å²) < 4.78 is 32.1. The van der Waals surface area contributed by atoms with Gasteiger partial charge < -0.3 is 10.1 Å². The molecule has 1 unspecified atom stereocenters. The van der Waals surface area contributed by atoms with Crippen molar-refractivity contribution in [2.45, 2.75) is 45.1 Å². The standard InChI is InChI=1S/C12H26N2O3S/c1-3-5-9-18(15,16)14-11-12(6-4-2)10-13-7-8-17-12/h13-14H,3-11H2,1-2H3. The number of rotatable bonds is 8. The summed E-state index contributed by atoms with van der Waals surface area (Å²) in [5.41, 5.74) is -0.369. The Morgan fingerprint density at radius 2 is 2.11 bits per heavy atom. The van der Waals surface area contributed by atoms with E-state index in [0.29, 0.717) is 19.6 Å². The zero-order valence-electron chi connectivity index (χ0n) is 11.5. The Balaban J connectivity index is 2.51. The topological polar surface area (TPSA) is 67.4 Å². The number of sulfonamides is 1. The van der Waals surface area contributed by atoms with Crippen molar-refractivity contribution in [3.05, 3.63) is 0 Å². The summed E-state index contributed by atoms with van der Waals surface area (Å²) >= 11 is 0. The lowest BCUT2D eigenvalue weighted by Crippen LogP contribution is -2.56. The van der Waals surface area contributed by atoms with Crippen molar-refractivity contribution in [1.82, 2.24) is 10.0 Å². The first-order chi connectivity index (χ1) is 8.54. The largest absolute Gasteiger partial charge is 0.371 e. The minimum Gasteiger partial charge on any atom is -0.371 e. The molecule has 1 aliphatic rings. The van der Waals surface area contributed by atoms with Crippen LogP contribution in [0.15, 0.2) is 0 Å². The predicted molar refractivity (Wildman–Crippen MR) is 73.2 cm³/mol. The van der Waals surface area contributed by atoms with Crippen LogP contribution in [0.5, 0.6) is 0 Å². The summed E-state index contributed by atoms with van der Waals surface area (Å²) in [4.78, 5) is 0. The molecule has 0 radical (unpaired) electrons. The molecule has 18 heavy (non-hydrogen) atoms. The molecule has 2 N–H and O–H groups in total. The molecule has 108 valence electrons. The average molecular weight is 278 g/mol. The van der Waals surface area contributed by atoms with Gasteiger partial charge in [-0.25, -0.2) is 13.1 Å². The molecule has 0 bridgehead atoms. The van der Waals surface area contributed by atoms with Crippen molar-refractivity contribution < 1.29 is 13.2 Å². The molecule has 1 aliphatic heterocycles. The zero-order valence-corrected chi connectivity index (χ0v) is 12.3. The number of hydrogen-bond donors (Lipinski definition) is 2. The van der Waals surface area contributed by atoms with Gasteiger partial charge in [0.05, 0.1) is 18.0 Å². The Morgan fingerprint density at radius 1 is 1.33 bits per heavy atom. The minimum atomic E-state index is -3.16. The lowest BCUT2D eigenvalue weighted by Gasteiger charge is -2.37. The molecular formula is C12H26N2O3S. The average Bonchev–Trinajstić information content (AvgIpc) is 2.36. The number of nitrogens with one attached hydrogen (secondary N) is 2. The maximum atomic E-state index is 11.8. The van der Waals surface area contributed by atoms with Gasteiger partial charge in [0.15, 0.2) is 0 Å². The van der Waals surface area contributed by atoms with E-state index in [9.17, 15) is 8.42 Å². The van der Waals surface area contributed by atoms with Crippen LogP contribution >= 0.6 is 0 Å². The van der Waals surface area contributed by atoms with E-state index < -0.39 is 10.0 Å². The summed E-state index contributed by atoms with van der Waals surface area (Å²) in [6.07, 6.45) is 3.45. The van der Waals surface area contributed by atoms with Gasteiger partial charge in [-0.2, -0.15) is 0 Å². The van der Waals surface area contributed by atoms with Crippen LogP contribution in [0.25, 0.3) is 0 Å². The fourth-order valence-electron chi connectivity index (χ4n) is 2.17. The van der Waals surface area contributed by atoms with Crippen LogP contribution in [-0.4, -0.2) is 46.0 Å². The lowest BCUT2D eigenvalue weighted by molar-refractivity contribution is -0.0668. The number of unbranched alkanes of at least 4 members (excludes halogenated alkanes) is 1. The van der Waals surface area contributed by atoms with Crippen LogP contribution in [0, 0.1) is 0 Å². The maximum absolute atomic E-state index is 11.8. The first-order valence-electron chi connectivity index (χ1n) is 6.85. The number of ether oxygens (including phenoxy) is 1. The zero-order chi connectivity index (χ0) is 13.5. The Kier molecular flexibility index (Phi) is 6.55. The van der Waals surface area contributed by atoms with Gasteiger partial charge in [0, 0.05) is 19.6 Å². The summed E-state index contributed by atoms with van der Waals surface area (Å²) in [6.45, 7) is 6.66. The van der Waals surface area contributed by atoms with Crippen LogP contribution < -0.4 is 10.0 Å². The van der Waals surface area contributed by atoms with Gasteiger partial charge in [-0.15, -0.1) is 0 Å². The van der Waals surface area contributed by atoms with Crippen LogP contribution in [0.4, 0.5) is 0 Å². The molecule has 0 amide bonds. The third-order valence-electron chi connectivity index (χ3n) is 3.22. The van der Waals surface area contributed by atoms with E-state index in [2.05, 4.69) is 17.0 Å². The van der Waals surface area contributed by atoms with Gasteiger partial charge in [-0.3, -0.25) is 0 Å². The Labute approximate surface area is 111 Å². The highest BCUT2D eigenvalue weighted by atomic mass is 32.2. The molecule has 1 heterocycles. The molecule has 0 aromatic rings. The van der Waals surface area contributed by atoms with Crippen molar-refractivity contribution >= 4 is 10.0 Å². The van der Waals surface area contributed by atoms with Crippen LogP contribution in [0.3, 0.4) is 0 Å². The van der Waals surface area contributed by atoms with E-state index in [1.165, 1.54) is 0 Å². The van der Waals surface area contributed by atoms with Gasteiger partial charge in [-0.1, -0.05) is 26.7 Å². The quantitative estimate of drug-likeness (QED) is 0.691. The van der Waals surface area contributed by atoms with Crippen molar-refractivity contribution in [2.24, 2.45) is 0 Å². The second-order valence-electron chi connectivity index (χ2n) is 4.95. The highest BCUT2D eigenvalue weighted by Gasteiger charge is 2.33. The molecule has 0 spiro atoms. The number of morpholine rings is 1. The minimum absolute atomic E-state index is 0.207. The molecule has 0 saturated carbocycles. The summed E-state index contributed by atoms with van der Waals surface area (Å²) in [7, 11) is -3.16. The van der Waals surface area contributed by atoms with Gasteiger partial charge in [0.1, 0.15) is 0 Å². The van der Waals surface area contributed by atoms with Crippen molar-refractivity contribution in [1.29, 1.82) is 0 Å². The molecule has 1 fully saturated rings. The molecule has 1 saturated heterocycles. The third-order valence-corrected chi connectivity index (χ3v) is 4.63. The highest BCUT2D eigenvalue weighted by Crippen LogP contribution is 2.19. The molecule has 1 rings (SSSR count). The van der Waals surface area contributed by atoms with E-state index in [-0.39, 0.29) is 11.4 Å². The van der Waals surface area contributed by atoms with Crippen LogP contribution in [-0.2, 0) is 14.8 Å². The van der Waals surface area contributed by atoms with Crippen LogP contribution in [0.1, 0.15) is 39.5 Å². The molecular weight excluding hydrogens is 252 g/mol. The second-order valence-corrected chi connectivity index (χ2v) is 6.88. The van der Waals surface area contributed by atoms with Gasteiger partial charge in [-0.05, 0) is 12.8 Å². The van der Waals surface area contributed by atoms with E-state index in [4.69, 9.17) is 4.74 Å². The molecule has 6 heteroatoms. The van der Waals surface area contributed by atoms with Crippen molar-refractivity contribution in [3.63, 3.8) is 0 Å². The summed E-state index contributed by atoms with van der Waals surface area (Å²) in [5, 5.41) is 3.28. The van der Waals surface area contributed by atoms with Crippen molar-refractivity contribution in [2.75, 3.05) is 32.0 Å². The smallest absolute Gasteiger partial charge is 0.211 e. The van der Waals surface area contributed by atoms with Gasteiger partial charge >= 0.3 is 0 Å². The maximum Gasteiger partial charge on any atom is 0.211 e. The Bertz CT molecular complexity index is 319. The molecule has 0 aliphatic carbocycles. The molecule has 5 nitrogen and oxygen atoms in total. The van der Waals surface area contributed by atoms with E-state index in [1.54, 1.807) is 0 Å². The monoisotopic (exact) mass is 278 g/mol. The summed E-state index contributed by atoms with van der Waals surface area (Å²) in [5.74, 6) is 0.207. The molecule has 1 atom stereocenters. The fourth-order valence-corrected chi connectivity index (χ4v) is 3.47. The first-order valence-corrected chi connectivity index (χ1v) is 8.51. The third kappa shape index (κ3) is 5.22. The van der Waals surface area contributed by atoms with Crippen molar-refractivity contribution in [3.8, 4) is 0 Å². The SMILES string of the molecule is CCCCS(=O)(=O)NCC1(CCC)CNCCO1. The van der Waals surface area contributed by atoms with E-state index in [0.717, 1.165) is 32.4 Å². The predicted octanol–water partition coefficient (Wildman–Crippen LogP) is 0.865. The Morgan fingerprint density at radius 3 is 2.67 bits per heavy atom. The number of hydrogen-bond acceptors (Lipinski definition) is 4. The van der Waals surface area contributed by atoms with Gasteiger partial charge in [0.25, 0.3) is 0 Å². The molecule has 0 aromatic carbocycles. The highest BCUT2D eigenvalue weighted by molar-refractivity contribution is 7.89. The summed E-state index contributed by atoms with van der Waals surface area (Å²) in [6, 6.07) is 0. The van der Waals surface area contributed by atoms with Crippen LogP contribution in [0.2, 0.25) is 0 Å². The Hall–Kier alpha value is -0.170. The van der Waals surface area contributed by atoms with E-state index in [1.807, 2.05) is 6.92 Å². The molecule has 0 aromatic heterocycles. The first kappa shape index (κ1) is 15.9. The second kappa shape index (κ2) is 7.43.